The van der Waals surface area contributed by atoms with Crippen LogP contribution in [0.15, 0.2) is 91.1 Å². The Labute approximate surface area is 194 Å². The summed E-state index contributed by atoms with van der Waals surface area (Å²) < 4.78 is 20.1. The number of aromatic nitrogens is 1. The third-order valence-corrected chi connectivity index (χ3v) is 6.30. The van der Waals surface area contributed by atoms with Crippen molar-refractivity contribution in [1.82, 2.24) is 9.88 Å². The van der Waals surface area contributed by atoms with Gasteiger partial charge in [-0.25, -0.2) is 4.98 Å². The highest BCUT2D eigenvalue weighted by atomic mass is 19.1. The van der Waals surface area contributed by atoms with Crippen molar-refractivity contribution >= 4 is 0 Å². The molecule has 33 heavy (non-hydrogen) atoms. The average molecular weight is 439 g/mol. The molecule has 0 radical (unpaired) electrons. The van der Waals surface area contributed by atoms with Gasteiger partial charge in [-0.05, 0) is 42.2 Å². The van der Waals surface area contributed by atoms with Gasteiger partial charge in [-0.2, -0.15) is 4.39 Å². The summed E-state index contributed by atoms with van der Waals surface area (Å²) in [4.78, 5) is 6.45. The van der Waals surface area contributed by atoms with Crippen LogP contribution < -0.4 is 4.74 Å². The minimum atomic E-state index is -0.422. The lowest BCUT2D eigenvalue weighted by molar-refractivity contribution is 0.106. The second-order valence-corrected chi connectivity index (χ2v) is 8.66. The van der Waals surface area contributed by atoms with E-state index in [0.29, 0.717) is 12.2 Å². The Hall–Kier alpha value is -3.50. The predicted molar refractivity (Wildman–Crippen MR) is 129 cm³/mol. The van der Waals surface area contributed by atoms with Crippen molar-refractivity contribution in [2.24, 2.45) is 0 Å². The normalized spacial score (nSPS) is 15.2. The first-order chi connectivity index (χ1) is 16.2. The molecule has 1 aliphatic rings. The van der Waals surface area contributed by atoms with Crippen LogP contribution in [0.3, 0.4) is 0 Å². The van der Waals surface area contributed by atoms with E-state index in [2.05, 4.69) is 76.6 Å². The summed E-state index contributed by atoms with van der Waals surface area (Å²) in [6.07, 6.45) is 2.48. The average Bonchev–Trinajstić information content (AvgIpc) is 2.86. The summed E-state index contributed by atoms with van der Waals surface area (Å²) in [6.45, 7) is 4.08. The number of hydrogen-bond donors (Lipinski definition) is 0. The largest absolute Gasteiger partial charge is 0.492 e. The van der Waals surface area contributed by atoms with Crippen LogP contribution >= 0.6 is 0 Å². The molecule has 166 valence electrons. The molecule has 0 saturated carbocycles. The van der Waals surface area contributed by atoms with Gasteiger partial charge in [0.2, 0.25) is 5.95 Å². The number of ether oxygens (including phenoxy) is 1. The van der Waals surface area contributed by atoms with Crippen molar-refractivity contribution in [1.29, 1.82) is 0 Å². The second-order valence-electron chi connectivity index (χ2n) is 8.66. The fraction of sp³-hybridized carbons (Fsp3) is 0.207. The standard InChI is InChI=1S/C29H27FN2O/c1-21-15-24(17-31-29(21)30)26-13-8-14-28-27(26)16-25(20-33-28)32(18-22-9-4-2-5-10-22)19-23-11-6-3-7-12-23/h2-15,17,25H,16,18-20H2,1H3/t25-/m0/s1. The number of halogens is 1. The van der Waals surface area contributed by atoms with Gasteiger partial charge in [0, 0.05) is 42.0 Å². The van der Waals surface area contributed by atoms with E-state index in [1.54, 1.807) is 13.1 Å². The molecule has 5 rings (SSSR count). The Morgan fingerprint density at radius 2 is 1.58 bits per heavy atom. The van der Waals surface area contributed by atoms with Gasteiger partial charge in [0.1, 0.15) is 12.4 Å². The van der Waals surface area contributed by atoms with Gasteiger partial charge in [-0.15, -0.1) is 0 Å². The molecule has 0 saturated heterocycles. The number of nitrogens with zero attached hydrogens (tertiary/aromatic N) is 2. The lowest BCUT2D eigenvalue weighted by atomic mass is 9.92. The number of pyridine rings is 1. The third-order valence-electron chi connectivity index (χ3n) is 6.30. The molecule has 0 N–H and O–H groups in total. The topological polar surface area (TPSA) is 25.4 Å². The van der Waals surface area contributed by atoms with Crippen molar-refractivity contribution in [2.45, 2.75) is 32.5 Å². The Balaban J connectivity index is 1.47. The molecular weight excluding hydrogens is 411 g/mol. The van der Waals surface area contributed by atoms with Crippen LogP contribution in [0, 0.1) is 12.9 Å². The number of fused-ring (bicyclic) bond motifs is 1. The quantitative estimate of drug-likeness (QED) is 0.335. The van der Waals surface area contributed by atoms with Gasteiger partial charge >= 0.3 is 0 Å². The molecule has 1 aliphatic heterocycles. The lowest BCUT2D eigenvalue weighted by Crippen LogP contribution is -2.42. The number of hydrogen-bond acceptors (Lipinski definition) is 3. The molecule has 1 aromatic heterocycles. The third kappa shape index (κ3) is 4.81. The zero-order valence-corrected chi connectivity index (χ0v) is 18.7. The second kappa shape index (κ2) is 9.55. The highest BCUT2D eigenvalue weighted by Gasteiger charge is 2.28. The van der Waals surface area contributed by atoms with Crippen LogP contribution in [0.4, 0.5) is 4.39 Å². The molecule has 0 amide bonds. The Morgan fingerprint density at radius 3 is 2.21 bits per heavy atom. The van der Waals surface area contributed by atoms with Gasteiger partial charge in [-0.1, -0.05) is 72.8 Å². The summed E-state index contributed by atoms with van der Waals surface area (Å²) in [5.74, 6) is 0.486. The molecule has 2 heterocycles. The van der Waals surface area contributed by atoms with Crippen LogP contribution in [0.1, 0.15) is 22.3 Å². The molecular formula is C29H27FN2O. The summed E-state index contributed by atoms with van der Waals surface area (Å²) in [6, 6.07) is 29.3. The molecule has 0 unspecified atom stereocenters. The molecule has 3 nitrogen and oxygen atoms in total. The van der Waals surface area contributed by atoms with Gasteiger partial charge in [0.15, 0.2) is 0 Å². The minimum Gasteiger partial charge on any atom is -0.492 e. The maximum atomic E-state index is 13.8. The van der Waals surface area contributed by atoms with Crippen molar-refractivity contribution in [3.8, 4) is 16.9 Å². The van der Waals surface area contributed by atoms with E-state index >= 15 is 0 Å². The summed E-state index contributed by atoms with van der Waals surface area (Å²) >= 11 is 0. The van der Waals surface area contributed by atoms with Crippen molar-refractivity contribution < 1.29 is 9.13 Å². The van der Waals surface area contributed by atoms with E-state index in [-0.39, 0.29) is 6.04 Å². The fourth-order valence-electron chi connectivity index (χ4n) is 4.55. The van der Waals surface area contributed by atoms with E-state index in [4.69, 9.17) is 4.74 Å². The smallest absolute Gasteiger partial charge is 0.215 e. The molecule has 0 aliphatic carbocycles. The first-order valence-corrected chi connectivity index (χ1v) is 11.4. The van der Waals surface area contributed by atoms with Crippen LogP contribution in [-0.4, -0.2) is 22.5 Å². The summed E-state index contributed by atoms with van der Waals surface area (Å²) in [5.41, 5.74) is 6.26. The Bertz CT molecular complexity index is 1190. The summed E-state index contributed by atoms with van der Waals surface area (Å²) in [5, 5.41) is 0. The number of benzene rings is 3. The zero-order valence-electron chi connectivity index (χ0n) is 18.7. The van der Waals surface area contributed by atoms with E-state index < -0.39 is 5.95 Å². The highest BCUT2D eigenvalue weighted by Crippen LogP contribution is 2.36. The zero-order chi connectivity index (χ0) is 22.6. The summed E-state index contributed by atoms with van der Waals surface area (Å²) in [7, 11) is 0. The van der Waals surface area contributed by atoms with E-state index in [0.717, 1.165) is 42.0 Å². The first-order valence-electron chi connectivity index (χ1n) is 11.4. The molecule has 3 aromatic carbocycles. The van der Waals surface area contributed by atoms with E-state index in [1.807, 2.05) is 18.2 Å². The van der Waals surface area contributed by atoms with Gasteiger partial charge in [-0.3, -0.25) is 4.90 Å². The van der Waals surface area contributed by atoms with Crippen molar-refractivity contribution in [3.63, 3.8) is 0 Å². The highest BCUT2D eigenvalue weighted by molar-refractivity contribution is 5.70. The van der Waals surface area contributed by atoms with Crippen LogP contribution in [0.25, 0.3) is 11.1 Å². The maximum absolute atomic E-state index is 13.8. The number of rotatable bonds is 6. The maximum Gasteiger partial charge on any atom is 0.215 e. The van der Waals surface area contributed by atoms with Crippen molar-refractivity contribution in [3.05, 3.63) is 119 Å². The lowest BCUT2D eigenvalue weighted by Gasteiger charge is -2.36. The molecule has 4 aromatic rings. The van der Waals surface area contributed by atoms with Crippen LogP contribution in [0.5, 0.6) is 5.75 Å². The van der Waals surface area contributed by atoms with Crippen LogP contribution in [-0.2, 0) is 19.5 Å². The molecule has 0 spiro atoms. The van der Waals surface area contributed by atoms with E-state index in [1.165, 1.54) is 11.1 Å². The molecule has 0 bridgehead atoms. The monoisotopic (exact) mass is 438 g/mol. The molecule has 4 heteroatoms. The van der Waals surface area contributed by atoms with Gasteiger partial charge in [0.05, 0.1) is 0 Å². The minimum absolute atomic E-state index is 0.216. The van der Waals surface area contributed by atoms with Crippen molar-refractivity contribution in [2.75, 3.05) is 6.61 Å². The molecule has 0 fully saturated rings. The number of aryl methyl sites for hydroxylation is 1. The van der Waals surface area contributed by atoms with E-state index in [9.17, 15) is 4.39 Å². The van der Waals surface area contributed by atoms with Gasteiger partial charge < -0.3 is 4.74 Å². The fourth-order valence-corrected chi connectivity index (χ4v) is 4.55. The SMILES string of the molecule is Cc1cc(-c2cccc3c2C[C@H](N(Cc2ccccc2)Cc2ccccc2)CO3)cnc1F. The van der Waals surface area contributed by atoms with Crippen LogP contribution in [0.2, 0.25) is 0 Å². The Kier molecular flexibility index (Phi) is 6.18. The molecule has 1 atom stereocenters. The van der Waals surface area contributed by atoms with Gasteiger partial charge in [0.25, 0.3) is 0 Å². The predicted octanol–water partition coefficient (Wildman–Crippen LogP) is 6.20. The first kappa shape index (κ1) is 21.4. The Morgan fingerprint density at radius 1 is 0.909 bits per heavy atom.